The molecule has 0 bridgehead atoms. The van der Waals surface area contributed by atoms with E-state index >= 15 is 0 Å². The monoisotopic (exact) mass is 331 g/mol. The van der Waals surface area contributed by atoms with E-state index in [9.17, 15) is 13.2 Å². The number of fused-ring (bicyclic) bond motifs is 1. The molecule has 0 aromatic rings. The molecular formula is C14H25N3O4S. The normalized spacial score (nSPS) is 33.0. The van der Waals surface area contributed by atoms with Gasteiger partial charge in [-0.2, -0.15) is 17.0 Å². The van der Waals surface area contributed by atoms with Crippen LogP contribution in [0.2, 0.25) is 0 Å². The lowest BCUT2D eigenvalue weighted by atomic mass is 9.85. The van der Waals surface area contributed by atoms with Crippen molar-refractivity contribution in [1.29, 1.82) is 0 Å². The summed E-state index contributed by atoms with van der Waals surface area (Å²) in [5.74, 6) is 0.575. The largest absolute Gasteiger partial charge is 0.371 e. The molecule has 3 atom stereocenters. The molecule has 0 aromatic carbocycles. The highest BCUT2D eigenvalue weighted by Gasteiger charge is 2.46. The number of rotatable bonds is 5. The molecule has 22 heavy (non-hydrogen) atoms. The van der Waals surface area contributed by atoms with Crippen LogP contribution in [0.1, 0.15) is 25.7 Å². The lowest BCUT2D eigenvalue weighted by Crippen LogP contribution is -2.41. The van der Waals surface area contributed by atoms with Crippen LogP contribution in [0.5, 0.6) is 0 Å². The van der Waals surface area contributed by atoms with E-state index in [0.29, 0.717) is 19.6 Å². The molecule has 2 aliphatic heterocycles. The number of nitrogens with zero attached hydrogens (tertiary/aromatic N) is 2. The second-order valence-corrected chi connectivity index (χ2v) is 8.91. The van der Waals surface area contributed by atoms with Gasteiger partial charge in [0.1, 0.15) is 0 Å². The van der Waals surface area contributed by atoms with Crippen molar-refractivity contribution in [2.45, 2.75) is 37.9 Å². The van der Waals surface area contributed by atoms with Crippen molar-refractivity contribution in [2.24, 2.45) is 11.8 Å². The van der Waals surface area contributed by atoms with Gasteiger partial charge in [-0.05, 0) is 19.3 Å². The van der Waals surface area contributed by atoms with Crippen LogP contribution in [0.3, 0.4) is 0 Å². The second-order valence-electron chi connectivity index (χ2n) is 6.77. The Morgan fingerprint density at radius 3 is 2.59 bits per heavy atom. The van der Waals surface area contributed by atoms with Gasteiger partial charge in [0, 0.05) is 45.6 Å². The summed E-state index contributed by atoms with van der Waals surface area (Å²) in [6.45, 7) is 1.47. The van der Waals surface area contributed by atoms with Gasteiger partial charge in [-0.3, -0.25) is 4.79 Å². The summed E-state index contributed by atoms with van der Waals surface area (Å²) in [6.07, 6.45) is 3.94. The van der Waals surface area contributed by atoms with Crippen LogP contribution in [0.15, 0.2) is 0 Å². The zero-order valence-corrected chi connectivity index (χ0v) is 14.0. The third kappa shape index (κ3) is 3.02. The molecule has 1 aliphatic carbocycles. The summed E-state index contributed by atoms with van der Waals surface area (Å²) >= 11 is 0. The Morgan fingerprint density at radius 1 is 1.32 bits per heavy atom. The van der Waals surface area contributed by atoms with E-state index in [2.05, 4.69) is 5.32 Å². The highest BCUT2D eigenvalue weighted by molar-refractivity contribution is 7.86. The van der Waals surface area contributed by atoms with Crippen molar-refractivity contribution < 1.29 is 17.9 Å². The van der Waals surface area contributed by atoms with E-state index < -0.39 is 10.2 Å². The van der Waals surface area contributed by atoms with Gasteiger partial charge in [0.25, 0.3) is 10.2 Å². The number of amides is 1. The molecule has 2 saturated heterocycles. The van der Waals surface area contributed by atoms with Gasteiger partial charge in [0.15, 0.2) is 0 Å². The Hall–Kier alpha value is -0.700. The first-order valence-corrected chi connectivity index (χ1v) is 9.38. The lowest BCUT2D eigenvalue weighted by Gasteiger charge is -2.25. The standard InChI is InChI=1S/C14H25N3O4S/c1-16(2)22(19,20)17-8-11-6-12(21-13(11)9-17)7-15-14(18)10-4-3-5-10/h10-13H,3-9H2,1-2H3,(H,15,18)/t11-,12-,13+/m1/s1. The lowest BCUT2D eigenvalue weighted by molar-refractivity contribution is -0.128. The Morgan fingerprint density at radius 2 is 2.05 bits per heavy atom. The summed E-state index contributed by atoms with van der Waals surface area (Å²) in [5.41, 5.74) is 0. The summed E-state index contributed by atoms with van der Waals surface area (Å²) in [6, 6.07) is 0. The molecule has 0 radical (unpaired) electrons. The van der Waals surface area contributed by atoms with E-state index in [1.165, 1.54) is 8.61 Å². The second kappa shape index (κ2) is 6.07. The molecule has 126 valence electrons. The van der Waals surface area contributed by atoms with Gasteiger partial charge < -0.3 is 10.1 Å². The SMILES string of the molecule is CN(C)S(=O)(=O)N1C[C@H]2C[C@H](CNC(=O)C3CCC3)O[C@H]2C1. The Kier molecular flexibility index (Phi) is 4.46. The Balaban J connectivity index is 1.46. The maximum absolute atomic E-state index is 12.1. The third-order valence-electron chi connectivity index (χ3n) is 5.05. The quantitative estimate of drug-likeness (QED) is 0.757. The molecule has 3 aliphatic rings. The predicted octanol–water partition coefficient (Wildman–Crippen LogP) is -0.202. The molecule has 1 amide bonds. The molecule has 3 rings (SSSR count). The van der Waals surface area contributed by atoms with Crippen molar-refractivity contribution >= 4 is 16.1 Å². The minimum atomic E-state index is -3.35. The average Bonchev–Trinajstić information content (AvgIpc) is 2.91. The molecule has 0 unspecified atom stereocenters. The van der Waals surface area contributed by atoms with E-state index in [1.807, 2.05) is 0 Å². The van der Waals surface area contributed by atoms with Crippen LogP contribution < -0.4 is 5.32 Å². The first kappa shape index (κ1) is 16.2. The summed E-state index contributed by atoms with van der Waals surface area (Å²) in [5, 5.41) is 2.97. The molecule has 8 heteroatoms. The summed E-state index contributed by atoms with van der Waals surface area (Å²) < 4.78 is 32.9. The number of ether oxygens (including phenoxy) is 1. The fraction of sp³-hybridized carbons (Fsp3) is 0.929. The predicted molar refractivity (Wildman–Crippen MR) is 81.3 cm³/mol. The molecule has 0 spiro atoms. The van der Waals surface area contributed by atoms with Gasteiger partial charge in [-0.1, -0.05) is 6.42 Å². The van der Waals surface area contributed by atoms with E-state index in [1.54, 1.807) is 14.1 Å². The van der Waals surface area contributed by atoms with Gasteiger partial charge in [0.2, 0.25) is 5.91 Å². The maximum Gasteiger partial charge on any atom is 0.281 e. The van der Waals surface area contributed by atoms with Gasteiger partial charge in [0.05, 0.1) is 12.2 Å². The van der Waals surface area contributed by atoms with Crippen LogP contribution in [0.25, 0.3) is 0 Å². The minimum absolute atomic E-state index is 0.0169. The van der Waals surface area contributed by atoms with Crippen molar-refractivity contribution in [3.63, 3.8) is 0 Å². The zero-order chi connectivity index (χ0) is 15.9. The molecule has 1 N–H and O–H groups in total. The van der Waals surface area contributed by atoms with Crippen molar-refractivity contribution in [2.75, 3.05) is 33.7 Å². The van der Waals surface area contributed by atoms with Crippen LogP contribution in [0, 0.1) is 11.8 Å². The highest BCUT2D eigenvalue weighted by Crippen LogP contribution is 2.34. The number of carbonyl (C=O) groups is 1. The molecule has 3 fully saturated rings. The Bertz CT molecular complexity index is 518. The van der Waals surface area contributed by atoms with Crippen LogP contribution in [-0.2, 0) is 19.7 Å². The summed E-state index contributed by atoms with van der Waals surface area (Å²) in [4.78, 5) is 11.8. The highest BCUT2D eigenvalue weighted by atomic mass is 32.2. The van der Waals surface area contributed by atoms with Gasteiger partial charge in [-0.15, -0.1) is 0 Å². The smallest absolute Gasteiger partial charge is 0.281 e. The molecule has 7 nitrogen and oxygen atoms in total. The first-order chi connectivity index (χ1) is 10.4. The molecule has 0 aromatic heterocycles. The van der Waals surface area contributed by atoms with E-state index in [0.717, 1.165) is 25.7 Å². The number of carbonyl (C=O) groups excluding carboxylic acids is 1. The number of hydrogen-bond donors (Lipinski definition) is 1. The van der Waals surface area contributed by atoms with Gasteiger partial charge >= 0.3 is 0 Å². The van der Waals surface area contributed by atoms with Crippen molar-refractivity contribution in [3.8, 4) is 0 Å². The molecular weight excluding hydrogens is 306 g/mol. The summed E-state index contributed by atoms with van der Waals surface area (Å²) in [7, 11) is -0.263. The van der Waals surface area contributed by atoms with Crippen molar-refractivity contribution in [1.82, 2.24) is 13.9 Å². The van der Waals surface area contributed by atoms with E-state index in [4.69, 9.17) is 4.74 Å². The molecule has 2 heterocycles. The number of nitrogens with one attached hydrogen (secondary N) is 1. The molecule has 1 saturated carbocycles. The minimum Gasteiger partial charge on any atom is -0.371 e. The maximum atomic E-state index is 12.1. The fourth-order valence-corrected chi connectivity index (χ4v) is 4.58. The van der Waals surface area contributed by atoms with Crippen molar-refractivity contribution in [3.05, 3.63) is 0 Å². The third-order valence-corrected chi connectivity index (χ3v) is 6.92. The first-order valence-electron chi connectivity index (χ1n) is 7.98. The van der Waals surface area contributed by atoms with Crippen LogP contribution >= 0.6 is 0 Å². The van der Waals surface area contributed by atoms with Crippen LogP contribution in [0.4, 0.5) is 0 Å². The van der Waals surface area contributed by atoms with Gasteiger partial charge in [-0.25, -0.2) is 0 Å². The Labute approximate surface area is 132 Å². The average molecular weight is 331 g/mol. The van der Waals surface area contributed by atoms with E-state index in [-0.39, 0.29) is 30.0 Å². The fourth-order valence-electron chi connectivity index (χ4n) is 3.40. The topological polar surface area (TPSA) is 79.0 Å². The van der Waals surface area contributed by atoms with Crippen LogP contribution in [-0.4, -0.2) is 68.9 Å². The zero-order valence-electron chi connectivity index (χ0n) is 13.2. The number of hydrogen-bond acceptors (Lipinski definition) is 4.